The zero-order chi connectivity index (χ0) is 40.1. The first-order valence-corrected chi connectivity index (χ1v) is 21.0. The first-order valence-electron chi connectivity index (χ1n) is 21.0. The van der Waals surface area contributed by atoms with Gasteiger partial charge in [0.1, 0.15) is 0 Å². The molecule has 1 aromatic carbocycles. The number of aliphatic carboxylic acids is 2. The zero-order valence-electron chi connectivity index (χ0n) is 34.2. The van der Waals surface area contributed by atoms with E-state index in [0.717, 1.165) is 56.9 Å². The van der Waals surface area contributed by atoms with E-state index in [9.17, 15) is 34.5 Å². The van der Waals surface area contributed by atoms with Gasteiger partial charge in [-0.05, 0) is 152 Å². The van der Waals surface area contributed by atoms with Crippen LogP contribution in [0.1, 0.15) is 135 Å². The van der Waals surface area contributed by atoms with Crippen molar-refractivity contribution in [1.29, 1.82) is 0 Å². The summed E-state index contributed by atoms with van der Waals surface area (Å²) in [5.41, 5.74) is 3.85. The van der Waals surface area contributed by atoms with Gasteiger partial charge in [-0.15, -0.1) is 0 Å². The topological polar surface area (TPSA) is 144 Å². The molecule has 0 unspecified atom stereocenters. The maximum absolute atomic E-state index is 14.6. The second-order valence-corrected chi connectivity index (χ2v) is 19.5. The Hall–Kier alpha value is -3.46. The van der Waals surface area contributed by atoms with Crippen molar-refractivity contribution in [1.82, 2.24) is 10.2 Å². The number of carboxylic acids is 3. The van der Waals surface area contributed by atoms with E-state index < -0.39 is 23.3 Å². The molecule has 0 saturated heterocycles. The summed E-state index contributed by atoms with van der Waals surface area (Å²) in [5, 5.41) is 31.2. The molecular weight excluding hydrogens is 693 g/mol. The molecule has 0 bridgehead atoms. The molecule has 0 heterocycles. The molecule has 4 N–H and O–H groups in total. The maximum atomic E-state index is 14.6. The van der Waals surface area contributed by atoms with Crippen LogP contribution in [0.15, 0.2) is 42.5 Å². The smallest absolute Gasteiger partial charge is 0.335 e. The van der Waals surface area contributed by atoms with Crippen molar-refractivity contribution in [3.63, 3.8) is 0 Å². The van der Waals surface area contributed by atoms with Gasteiger partial charge < -0.3 is 25.5 Å². The molecule has 0 spiro atoms. The molecule has 6 rings (SSSR count). The largest absolute Gasteiger partial charge is 0.481 e. The number of nitrogens with zero attached hydrogens (tertiary/aromatic N) is 1. The van der Waals surface area contributed by atoms with E-state index in [1.807, 2.05) is 17.0 Å². The van der Waals surface area contributed by atoms with E-state index >= 15 is 0 Å². The Morgan fingerprint density at radius 2 is 1.45 bits per heavy atom. The molecule has 4 fully saturated rings. The lowest BCUT2D eigenvalue weighted by Gasteiger charge is -2.72. The van der Waals surface area contributed by atoms with Gasteiger partial charge in [0.25, 0.3) is 0 Å². The standard InChI is InChI=1S/C46H66N2O7/c1-29(2)32-15-22-46(41(55)47-25-8-26-48(27-18-37(49)50)28-19-38(51)52)24-23-44(6)34(39(32)46)13-14-36-43(5)20-16-33(30-9-11-31(12-10-30)40(53)54)42(3,4)35(43)17-21-45(36,44)7/h9-12,16,32,34-36,39H,1,8,13-15,17-28H2,2-7H3,(H,47,55)(H,49,50)(H,51,52)(H,53,54)/t32-,34+,35-,36+,39+,43-,44+,45+,46-/m0/s1. The first kappa shape index (κ1) is 41.2. The Labute approximate surface area is 328 Å². The summed E-state index contributed by atoms with van der Waals surface area (Å²) >= 11 is 0. The third-order valence-corrected chi connectivity index (χ3v) is 16.8. The number of carbonyl (C=O) groups excluding carboxylic acids is 1. The lowest BCUT2D eigenvalue weighted by atomic mass is 9.32. The number of benzene rings is 1. The Balaban J connectivity index is 1.21. The van der Waals surface area contributed by atoms with Gasteiger partial charge in [0.2, 0.25) is 5.91 Å². The molecule has 1 aromatic rings. The number of fused-ring (bicyclic) bond motifs is 7. The van der Waals surface area contributed by atoms with Gasteiger partial charge in [0.05, 0.1) is 23.8 Å². The van der Waals surface area contributed by atoms with E-state index in [1.54, 1.807) is 12.1 Å². The fourth-order valence-corrected chi connectivity index (χ4v) is 13.9. The second kappa shape index (κ2) is 15.1. The summed E-state index contributed by atoms with van der Waals surface area (Å²) in [6.07, 6.45) is 12.5. The number of hydrogen-bond donors (Lipinski definition) is 4. The molecule has 5 aliphatic carbocycles. The second-order valence-electron chi connectivity index (χ2n) is 19.5. The zero-order valence-corrected chi connectivity index (χ0v) is 34.2. The van der Waals surface area contributed by atoms with Crippen molar-refractivity contribution in [3.8, 4) is 0 Å². The highest BCUT2D eigenvalue weighted by atomic mass is 16.4. The molecular formula is C46H66N2O7. The van der Waals surface area contributed by atoms with Crippen molar-refractivity contribution in [2.45, 2.75) is 119 Å². The Morgan fingerprint density at radius 1 is 0.800 bits per heavy atom. The number of carboxylic acid groups (broad SMARTS) is 3. The molecule has 0 aromatic heterocycles. The van der Waals surface area contributed by atoms with Gasteiger partial charge in [0.15, 0.2) is 0 Å². The fourth-order valence-electron chi connectivity index (χ4n) is 13.9. The van der Waals surface area contributed by atoms with Gasteiger partial charge >= 0.3 is 17.9 Å². The summed E-state index contributed by atoms with van der Waals surface area (Å²) in [5.74, 6) is -0.493. The minimum absolute atomic E-state index is 0.0428. The highest BCUT2D eigenvalue weighted by molar-refractivity contribution is 5.88. The quantitative estimate of drug-likeness (QED) is 0.109. The number of carbonyl (C=O) groups is 4. The van der Waals surface area contributed by atoms with E-state index in [4.69, 9.17) is 0 Å². The van der Waals surface area contributed by atoms with Crippen LogP contribution in [0.3, 0.4) is 0 Å². The van der Waals surface area contributed by atoms with Crippen LogP contribution in [0.4, 0.5) is 0 Å². The van der Waals surface area contributed by atoms with Gasteiger partial charge in [-0.2, -0.15) is 0 Å². The summed E-state index contributed by atoms with van der Waals surface area (Å²) in [4.78, 5) is 50.4. The van der Waals surface area contributed by atoms with Gasteiger partial charge in [-0.1, -0.05) is 65.0 Å². The Kier molecular flexibility index (Phi) is 11.3. The molecule has 9 nitrogen and oxygen atoms in total. The van der Waals surface area contributed by atoms with E-state index in [0.29, 0.717) is 61.8 Å². The van der Waals surface area contributed by atoms with Crippen LogP contribution in [0.2, 0.25) is 0 Å². The number of allylic oxidation sites excluding steroid dienone is 3. The fraction of sp³-hybridized carbons (Fsp3) is 0.696. The Bertz CT molecular complexity index is 1700. The molecule has 0 aliphatic heterocycles. The van der Waals surface area contributed by atoms with Crippen LogP contribution >= 0.6 is 0 Å². The van der Waals surface area contributed by atoms with Gasteiger partial charge in [-0.3, -0.25) is 14.4 Å². The number of rotatable bonds is 14. The summed E-state index contributed by atoms with van der Waals surface area (Å²) in [6.45, 7) is 20.9. The minimum Gasteiger partial charge on any atom is -0.481 e. The van der Waals surface area contributed by atoms with Gasteiger partial charge in [0, 0.05) is 19.6 Å². The lowest BCUT2D eigenvalue weighted by molar-refractivity contribution is -0.225. The van der Waals surface area contributed by atoms with Crippen molar-refractivity contribution in [3.05, 3.63) is 53.6 Å². The van der Waals surface area contributed by atoms with Crippen molar-refractivity contribution < 1.29 is 34.5 Å². The lowest BCUT2D eigenvalue weighted by Crippen LogP contribution is -2.66. The van der Waals surface area contributed by atoms with E-state index in [-0.39, 0.29) is 46.3 Å². The van der Waals surface area contributed by atoms with Crippen molar-refractivity contribution >= 4 is 29.4 Å². The van der Waals surface area contributed by atoms with Crippen LogP contribution < -0.4 is 5.32 Å². The highest BCUT2D eigenvalue weighted by Gasteiger charge is 2.71. The minimum atomic E-state index is -0.906. The molecule has 9 heteroatoms. The van der Waals surface area contributed by atoms with Crippen molar-refractivity contribution in [2.75, 3.05) is 26.2 Å². The molecule has 9 atom stereocenters. The number of hydrogen-bond acceptors (Lipinski definition) is 5. The molecule has 0 radical (unpaired) electrons. The van der Waals surface area contributed by atoms with Crippen molar-refractivity contribution in [2.24, 2.45) is 56.7 Å². The SMILES string of the molecule is C=C(C)[C@@H]1CC[C@]2(C(=O)NCCCN(CCC(=O)O)CCC(=O)O)CC[C@]3(C)[C@H](CC[C@@H]4[C@@]5(C)CC=C(c6ccc(C(=O)O)cc6)C(C)(C)[C@@H]5CC[C@]43C)[C@@H]12. The van der Waals surface area contributed by atoms with Gasteiger partial charge in [-0.25, -0.2) is 4.79 Å². The third-order valence-electron chi connectivity index (χ3n) is 16.8. The summed E-state index contributed by atoms with van der Waals surface area (Å²) in [7, 11) is 0. The average molecular weight is 759 g/mol. The molecule has 4 saturated carbocycles. The van der Waals surface area contributed by atoms with Crippen LogP contribution in [-0.2, 0) is 14.4 Å². The highest BCUT2D eigenvalue weighted by Crippen LogP contribution is 2.77. The predicted octanol–water partition coefficient (Wildman–Crippen LogP) is 8.79. The molecule has 5 aliphatic rings. The molecule has 55 heavy (non-hydrogen) atoms. The van der Waals surface area contributed by atoms with Crippen LogP contribution in [0.25, 0.3) is 5.57 Å². The third kappa shape index (κ3) is 6.99. The molecule has 1 amide bonds. The van der Waals surface area contributed by atoms with Crippen LogP contribution in [0.5, 0.6) is 0 Å². The number of aromatic carboxylic acids is 1. The summed E-state index contributed by atoms with van der Waals surface area (Å²) < 4.78 is 0. The Morgan fingerprint density at radius 3 is 2.05 bits per heavy atom. The average Bonchev–Trinajstić information content (AvgIpc) is 3.52. The first-order chi connectivity index (χ1) is 25.8. The number of amides is 1. The van der Waals surface area contributed by atoms with E-state index in [2.05, 4.69) is 59.5 Å². The molecule has 302 valence electrons. The van der Waals surface area contributed by atoms with Crippen LogP contribution in [0, 0.1) is 56.7 Å². The normalized spacial score (nSPS) is 36.1. The van der Waals surface area contributed by atoms with E-state index in [1.165, 1.54) is 17.6 Å². The predicted molar refractivity (Wildman–Crippen MR) is 214 cm³/mol. The maximum Gasteiger partial charge on any atom is 0.335 e. The van der Waals surface area contributed by atoms with Crippen LogP contribution in [-0.4, -0.2) is 70.2 Å². The number of nitrogens with one attached hydrogen (secondary N) is 1. The summed E-state index contributed by atoms with van der Waals surface area (Å²) in [6, 6.07) is 7.44. The monoisotopic (exact) mass is 758 g/mol.